The molecule has 2 aliphatic rings. The Bertz CT molecular complexity index is 1010. The summed E-state index contributed by atoms with van der Waals surface area (Å²) in [7, 11) is 0. The van der Waals surface area contributed by atoms with E-state index in [4.69, 9.17) is 18.9 Å². The monoisotopic (exact) mass is 850 g/mol. The van der Waals surface area contributed by atoms with E-state index in [0.717, 1.165) is 51.4 Å². The fraction of sp³-hybridized carbons (Fsp3) is 0.978. The summed E-state index contributed by atoms with van der Waals surface area (Å²) < 4.78 is 22.7. The number of unbranched alkanes of at least 4 members (excludes halogenated alkanes) is 23. The van der Waals surface area contributed by atoms with Crippen molar-refractivity contribution in [3.8, 4) is 0 Å². The average molecular weight is 850 g/mol. The minimum atomic E-state index is -1.78. The highest BCUT2D eigenvalue weighted by molar-refractivity contribution is 5.76. The Labute approximate surface area is 355 Å². The molecule has 1 amide bonds. The Morgan fingerprint density at radius 2 is 0.966 bits per heavy atom. The first-order chi connectivity index (χ1) is 28.6. The summed E-state index contributed by atoms with van der Waals surface area (Å²) in [5.41, 5.74) is 0. The number of hydrogen-bond donors (Lipinski definition) is 9. The normalized spacial score (nSPS) is 28.4. The lowest BCUT2D eigenvalue weighted by Gasteiger charge is -2.46. The quantitative estimate of drug-likeness (QED) is 0.0377. The van der Waals surface area contributed by atoms with Crippen molar-refractivity contribution in [2.75, 3.05) is 19.8 Å². The van der Waals surface area contributed by atoms with Crippen molar-refractivity contribution in [1.82, 2.24) is 5.32 Å². The molecule has 12 unspecified atom stereocenters. The fourth-order valence-electron chi connectivity index (χ4n) is 8.12. The predicted molar refractivity (Wildman–Crippen MR) is 226 cm³/mol. The summed E-state index contributed by atoms with van der Waals surface area (Å²) >= 11 is 0. The van der Waals surface area contributed by atoms with Gasteiger partial charge >= 0.3 is 0 Å². The number of hydrogen-bond acceptors (Lipinski definition) is 13. The van der Waals surface area contributed by atoms with Gasteiger partial charge < -0.3 is 65.1 Å². The summed E-state index contributed by atoms with van der Waals surface area (Å²) in [6, 6.07) is -0.819. The number of ether oxygens (including phenoxy) is 4. The molecule has 59 heavy (non-hydrogen) atoms. The van der Waals surface area contributed by atoms with Crippen LogP contribution in [-0.2, 0) is 23.7 Å². The van der Waals surface area contributed by atoms with E-state index >= 15 is 0 Å². The van der Waals surface area contributed by atoms with Crippen molar-refractivity contribution in [3.63, 3.8) is 0 Å². The first-order valence-electron chi connectivity index (χ1n) is 23.8. The van der Waals surface area contributed by atoms with Crippen LogP contribution < -0.4 is 5.32 Å². The van der Waals surface area contributed by atoms with Crippen molar-refractivity contribution >= 4 is 5.91 Å². The second kappa shape index (κ2) is 33.5. The smallest absolute Gasteiger partial charge is 0.220 e. The number of amides is 1. The van der Waals surface area contributed by atoms with Crippen LogP contribution in [0.25, 0.3) is 0 Å². The van der Waals surface area contributed by atoms with Gasteiger partial charge in [0.1, 0.15) is 48.8 Å². The fourth-order valence-corrected chi connectivity index (χ4v) is 8.12. The van der Waals surface area contributed by atoms with Crippen LogP contribution in [-0.4, -0.2) is 140 Å². The van der Waals surface area contributed by atoms with Gasteiger partial charge in [0, 0.05) is 6.42 Å². The number of rotatable bonds is 36. The van der Waals surface area contributed by atoms with Crippen LogP contribution in [0, 0.1) is 0 Å². The van der Waals surface area contributed by atoms with Gasteiger partial charge in [-0.3, -0.25) is 4.79 Å². The van der Waals surface area contributed by atoms with Crippen molar-refractivity contribution in [2.45, 2.75) is 261 Å². The second-order valence-electron chi connectivity index (χ2n) is 17.2. The van der Waals surface area contributed by atoms with E-state index in [1.54, 1.807) is 0 Å². The van der Waals surface area contributed by atoms with E-state index in [0.29, 0.717) is 12.8 Å². The highest BCUT2D eigenvalue weighted by Crippen LogP contribution is 2.30. The van der Waals surface area contributed by atoms with Crippen molar-refractivity contribution in [1.29, 1.82) is 0 Å². The maximum absolute atomic E-state index is 13.1. The molecule has 2 fully saturated rings. The molecule has 2 rings (SSSR count). The standard InChI is InChI=1S/C45H87NO13/c1-3-5-7-9-11-13-15-16-17-19-21-23-25-27-29-37(50)46-33(34(49)28-26-24-22-20-18-14-12-10-8-6-4-2)32-56-44-42(55)40(53)43(36(31-48)58-44)59-45-41(54)39(52)38(51)35(30-47)57-45/h33-36,38-45,47-49,51-55H,3-32H2,1-2H3,(H,46,50). The largest absolute Gasteiger partial charge is 0.394 e. The number of carbonyl (C=O) groups excluding carboxylic acids is 1. The molecule has 0 radical (unpaired) electrons. The lowest BCUT2D eigenvalue weighted by molar-refractivity contribution is -0.359. The minimum absolute atomic E-state index is 0.207. The van der Waals surface area contributed by atoms with Crippen LogP contribution >= 0.6 is 0 Å². The van der Waals surface area contributed by atoms with Crippen molar-refractivity contribution < 1.29 is 64.6 Å². The van der Waals surface area contributed by atoms with Gasteiger partial charge in [-0.05, 0) is 12.8 Å². The number of nitrogens with one attached hydrogen (secondary N) is 1. The van der Waals surface area contributed by atoms with E-state index in [2.05, 4.69) is 19.2 Å². The lowest BCUT2D eigenvalue weighted by atomic mass is 9.97. The topological polar surface area (TPSA) is 228 Å². The molecule has 0 aliphatic carbocycles. The van der Waals surface area contributed by atoms with E-state index in [1.807, 2.05) is 0 Å². The zero-order valence-electron chi connectivity index (χ0n) is 36.8. The third-order valence-corrected chi connectivity index (χ3v) is 12.1. The van der Waals surface area contributed by atoms with Crippen LogP contribution in [0.5, 0.6) is 0 Å². The molecular weight excluding hydrogens is 762 g/mol. The van der Waals surface area contributed by atoms with Crippen LogP contribution in [0.4, 0.5) is 0 Å². The maximum atomic E-state index is 13.1. The van der Waals surface area contributed by atoms with Crippen molar-refractivity contribution in [3.05, 3.63) is 0 Å². The highest BCUT2D eigenvalue weighted by atomic mass is 16.7. The molecule has 0 aromatic carbocycles. The molecule has 0 saturated carbocycles. The average Bonchev–Trinajstić information content (AvgIpc) is 3.23. The molecule has 0 aromatic rings. The number of aliphatic hydroxyl groups is 8. The van der Waals surface area contributed by atoms with Crippen molar-refractivity contribution in [2.24, 2.45) is 0 Å². The van der Waals surface area contributed by atoms with E-state index in [1.165, 1.54) is 109 Å². The molecule has 14 heteroatoms. The van der Waals surface area contributed by atoms with Crippen LogP contribution in [0.15, 0.2) is 0 Å². The first kappa shape index (κ1) is 54.1. The zero-order valence-corrected chi connectivity index (χ0v) is 36.8. The van der Waals surface area contributed by atoms with Crippen LogP contribution in [0.1, 0.15) is 187 Å². The maximum Gasteiger partial charge on any atom is 0.220 e. The Hall–Kier alpha value is -1.01. The van der Waals surface area contributed by atoms with Gasteiger partial charge in [-0.1, -0.05) is 168 Å². The van der Waals surface area contributed by atoms with Crippen LogP contribution in [0.3, 0.4) is 0 Å². The van der Waals surface area contributed by atoms with Gasteiger partial charge in [0.25, 0.3) is 0 Å². The molecule has 0 spiro atoms. The van der Waals surface area contributed by atoms with Gasteiger partial charge in [-0.2, -0.15) is 0 Å². The third kappa shape index (κ3) is 21.8. The molecule has 2 aliphatic heterocycles. The minimum Gasteiger partial charge on any atom is -0.394 e. The van der Waals surface area contributed by atoms with Gasteiger partial charge in [-0.25, -0.2) is 0 Å². The van der Waals surface area contributed by atoms with Gasteiger partial charge in [0.05, 0.1) is 32.0 Å². The van der Waals surface area contributed by atoms with E-state index in [9.17, 15) is 45.6 Å². The molecule has 12 atom stereocenters. The van der Waals surface area contributed by atoms with Crippen LogP contribution in [0.2, 0.25) is 0 Å². The van der Waals surface area contributed by atoms with E-state index < -0.39 is 86.8 Å². The summed E-state index contributed by atoms with van der Waals surface area (Å²) in [4.78, 5) is 13.1. The number of aliphatic hydroxyl groups excluding tert-OH is 8. The summed E-state index contributed by atoms with van der Waals surface area (Å²) in [5, 5.41) is 86.6. The second-order valence-corrected chi connectivity index (χ2v) is 17.2. The lowest BCUT2D eigenvalue weighted by Crippen LogP contribution is -2.65. The summed E-state index contributed by atoms with van der Waals surface area (Å²) in [6.45, 7) is 2.83. The Balaban J connectivity index is 1.86. The molecule has 0 bridgehead atoms. The molecule has 2 saturated heterocycles. The SMILES string of the molecule is CCCCCCCCCCCCCCCCC(=O)NC(COC1OC(CO)C(OC2OC(CO)C(O)C(O)C2O)C(O)C1O)C(O)CCCCCCCCCCCCC. The Kier molecular flexibility index (Phi) is 30.8. The molecule has 2 heterocycles. The predicted octanol–water partition coefficient (Wildman–Crippen LogP) is 5.05. The molecular formula is C45H87NO13. The molecule has 350 valence electrons. The van der Waals surface area contributed by atoms with Gasteiger partial charge in [-0.15, -0.1) is 0 Å². The first-order valence-corrected chi connectivity index (χ1v) is 23.8. The summed E-state index contributed by atoms with van der Waals surface area (Å²) in [6.07, 6.45) is 14.0. The highest BCUT2D eigenvalue weighted by Gasteiger charge is 2.51. The third-order valence-electron chi connectivity index (χ3n) is 12.1. The molecule has 0 aromatic heterocycles. The molecule has 14 nitrogen and oxygen atoms in total. The molecule has 9 N–H and O–H groups in total. The Morgan fingerprint density at radius 1 is 0.542 bits per heavy atom. The van der Waals surface area contributed by atoms with Gasteiger partial charge in [0.15, 0.2) is 12.6 Å². The van der Waals surface area contributed by atoms with E-state index in [-0.39, 0.29) is 12.5 Å². The summed E-state index contributed by atoms with van der Waals surface area (Å²) in [5.74, 6) is -0.207. The van der Waals surface area contributed by atoms with Gasteiger partial charge in [0.2, 0.25) is 5.91 Å². The number of carbonyl (C=O) groups is 1. The zero-order chi connectivity index (χ0) is 43.3. The Morgan fingerprint density at radius 3 is 1.44 bits per heavy atom.